The maximum absolute atomic E-state index is 12.6. The minimum atomic E-state index is 0.148. The van der Waals surface area contributed by atoms with Gasteiger partial charge in [-0.2, -0.15) is 5.10 Å². The van der Waals surface area contributed by atoms with Crippen LogP contribution in [0.25, 0.3) is 0 Å². The van der Waals surface area contributed by atoms with Crippen LogP contribution in [0.5, 0.6) is 5.75 Å². The van der Waals surface area contributed by atoms with Crippen LogP contribution in [0.3, 0.4) is 0 Å². The Hall–Kier alpha value is -2.67. The fourth-order valence-electron chi connectivity index (χ4n) is 3.30. The highest BCUT2D eigenvalue weighted by Crippen LogP contribution is 2.22. The zero-order chi connectivity index (χ0) is 18.5. The van der Waals surface area contributed by atoms with Gasteiger partial charge in [0.05, 0.1) is 18.2 Å². The number of benzene rings is 1. The number of nitrogens with zero attached hydrogens (tertiary/aromatic N) is 4. The number of hydrogen-bond donors (Lipinski definition) is 0. The summed E-state index contributed by atoms with van der Waals surface area (Å²) in [5.41, 5.74) is 0.825. The van der Waals surface area contributed by atoms with Crippen molar-refractivity contribution in [2.75, 3.05) is 13.1 Å². The molecule has 2 aromatic heterocycles. The molecule has 7 heteroatoms. The van der Waals surface area contributed by atoms with Gasteiger partial charge in [0, 0.05) is 30.9 Å². The van der Waals surface area contributed by atoms with E-state index in [1.54, 1.807) is 6.20 Å². The number of ether oxygens (including phenoxy) is 1. The van der Waals surface area contributed by atoms with Gasteiger partial charge >= 0.3 is 0 Å². The Morgan fingerprint density at radius 2 is 2.00 bits per heavy atom. The zero-order valence-corrected chi connectivity index (χ0v) is 15.8. The summed E-state index contributed by atoms with van der Waals surface area (Å²) in [6.45, 7) is 1.98. The van der Waals surface area contributed by atoms with Crippen LogP contribution < -0.4 is 4.74 Å². The largest absolute Gasteiger partial charge is 0.486 e. The Morgan fingerprint density at radius 1 is 1.19 bits per heavy atom. The van der Waals surface area contributed by atoms with E-state index in [-0.39, 0.29) is 5.91 Å². The van der Waals surface area contributed by atoms with Crippen molar-refractivity contribution in [2.24, 2.45) is 0 Å². The number of aromatic nitrogens is 3. The fraction of sp³-hybridized carbons (Fsp3) is 0.350. The lowest BCUT2D eigenvalue weighted by Crippen LogP contribution is -2.40. The lowest BCUT2D eigenvalue weighted by atomic mass is 10.0. The standard InChI is InChI=1S/C20H22N4O2S/c25-20(23-11-7-17(8-12-23)24-10-4-9-21-24)13-16-15-27-19(22-16)14-26-18-5-2-1-3-6-18/h1-6,9-10,15,17H,7-8,11-14H2. The van der Waals surface area contributed by atoms with E-state index in [1.807, 2.05) is 57.6 Å². The molecule has 0 atom stereocenters. The topological polar surface area (TPSA) is 60.2 Å². The molecule has 1 aliphatic heterocycles. The normalized spacial score (nSPS) is 15.0. The summed E-state index contributed by atoms with van der Waals surface area (Å²) < 4.78 is 7.72. The van der Waals surface area contributed by atoms with Crippen molar-refractivity contribution in [1.82, 2.24) is 19.7 Å². The smallest absolute Gasteiger partial charge is 0.228 e. The van der Waals surface area contributed by atoms with Crippen LogP contribution >= 0.6 is 11.3 Å². The summed E-state index contributed by atoms with van der Waals surface area (Å²) >= 11 is 1.54. The Morgan fingerprint density at radius 3 is 2.74 bits per heavy atom. The van der Waals surface area contributed by atoms with Crippen molar-refractivity contribution in [2.45, 2.75) is 31.9 Å². The highest BCUT2D eigenvalue weighted by Gasteiger charge is 2.24. The molecule has 0 unspecified atom stereocenters. The number of hydrogen-bond acceptors (Lipinski definition) is 5. The van der Waals surface area contributed by atoms with Crippen LogP contribution in [0.2, 0.25) is 0 Å². The molecule has 1 fully saturated rings. The third-order valence-corrected chi connectivity index (χ3v) is 5.62. The van der Waals surface area contributed by atoms with Gasteiger partial charge in [-0.05, 0) is 31.0 Å². The van der Waals surface area contributed by atoms with E-state index in [1.165, 1.54) is 11.3 Å². The van der Waals surface area contributed by atoms with Crippen LogP contribution in [0, 0.1) is 0 Å². The van der Waals surface area contributed by atoms with E-state index in [0.717, 1.165) is 42.4 Å². The molecule has 0 spiro atoms. The average molecular weight is 382 g/mol. The van der Waals surface area contributed by atoms with Crippen LogP contribution in [0.15, 0.2) is 54.2 Å². The monoisotopic (exact) mass is 382 g/mol. The van der Waals surface area contributed by atoms with Gasteiger partial charge in [-0.1, -0.05) is 18.2 Å². The van der Waals surface area contributed by atoms with Crippen molar-refractivity contribution in [3.8, 4) is 5.75 Å². The third-order valence-electron chi connectivity index (χ3n) is 4.75. The van der Waals surface area contributed by atoms with E-state index in [9.17, 15) is 4.79 Å². The Bertz CT molecular complexity index is 855. The van der Waals surface area contributed by atoms with Gasteiger partial charge < -0.3 is 9.64 Å². The molecule has 0 N–H and O–H groups in total. The third kappa shape index (κ3) is 4.54. The van der Waals surface area contributed by atoms with Gasteiger partial charge in [0.1, 0.15) is 17.4 Å². The first-order valence-corrected chi connectivity index (χ1v) is 10.0. The highest BCUT2D eigenvalue weighted by molar-refractivity contribution is 7.09. The van der Waals surface area contributed by atoms with Crippen LogP contribution in [-0.2, 0) is 17.8 Å². The van der Waals surface area contributed by atoms with Crippen LogP contribution in [-0.4, -0.2) is 38.7 Å². The van der Waals surface area contributed by atoms with Gasteiger partial charge in [0.15, 0.2) is 0 Å². The van der Waals surface area contributed by atoms with E-state index in [0.29, 0.717) is 19.1 Å². The van der Waals surface area contributed by atoms with Gasteiger partial charge in [0.25, 0.3) is 0 Å². The van der Waals surface area contributed by atoms with E-state index in [2.05, 4.69) is 10.1 Å². The molecular weight excluding hydrogens is 360 g/mol. The highest BCUT2D eigenvalue weighted by atomic mass is 32.1. The minimum Gasteiger partial charge on any atom is -0.486 e. The lowest BCUT2D eigenvalue weighted by Gasteiger charge is -2.32. The molecule has 3 aromatic rings. The summed E-state index contributed by atoms with van der Waals surface area (Å²) in [6.07, 6.45) is 6.05. The molecule has 3 heterocycles. The SMILES string of the molecule is O=C(Cc1csc(COc2ccccc2)n1)N1CCC(n2cccn2)CC1. The van der Waals surface area contributed by atoms with Crippen molar-refractivity contribution < 1.29 is 9.53 Å². The van der Waals surface area contributed by atoms with Crippen LogP contribution in [0.1, 0.15) is 29.6 Å². The van der Waals surface area contributed by atoms with Crippen molar-refractivity contribution in [3.63, 3.8) is 0 Å². The summed E-state index contributed by atoms with van der Waals surface area (Å²) in [4.78, 5) is 19.1. The van der Waals surface area contributed by atoms with E-state index < -0.39 is 0 Å². The van der Waals surface area contributed by atoms with Gasteiger partial charge in [0.2, 0.25) is 5.91 Å². The number of carbonyl (C=O) groups is 1. The maximum atomic E-state index is 12.6. The molecule has 6 nitrogen and oxygen atoms in total. The van der Waals surface area contributed by atoms with E-state index >= 15 is 0 Å². The first-order valence-electron chi connectivity index (χ1n) is 9.16. The number of rotatable bonds is 6. The first-order chi connectivity index (χ1) is 13.3. The molecule has 0 radical (unpaired) electrons. The van der Waals surface area contributed by atoms with Crippen molar-refractivity contribution in [3.05, 3.63) is 64.9 Å². The molecule has 0 bridgehead atoms. The molecule has 1 amide bonds. The maximum Gasteiger partial charge on any atom is 0.228 e. The molecular formula is C20H22N4O2S. The average Bonchev–Trinajstić information content (AvgIpc) is 3.40. The van der Waals surface area contributed by atoms with Crippen molar-refractivity contribution in [1.29, 1.82) is 0 Å². The zero-order valence-electron chi connectivity index (χ0n) is 15.0. The first kappa shape index (κ1) is 17.7. The summed E-state index contributed by atoms with van der Waals surface area (Å²) in [6, 6.07) is 12.0. The van der Waals surface area contributed by atoms with E-state index in [4.69, 9.17) is 4.74 Å². The lowest BCUT2D eigenvalue weighted by molar-refractivity contribution is -0.131. The summed E-state index contributed by atoms with van der Waals surface area (Å²) in [5, 5.41) is 7.16. The van der Waals surface area contributed by atoms with Gasteiger partial charge in [-0.15, -0.1) is 11.3 Å². The minimum absolute atomic E-state index is 0.148. The predicted octanol–water partition coefficient (Wildman–Crippen LogP) is 3.32. The number of carbonyl (C=O) groups excluding carboxylic acids is 1. The second kappa shape index (κ2) is 8.35. The summed E-state index contributed by atoms with van der Waals surface area (Å²) in [7, 11) is 0. The van der Waals surface area contributed by atoms with Gasteiger partial charge in [-0.25, -0.2) is 4.98 Å². The second-order valence-corrected chi connectivity index (χ2v) is 7.55. The molecule has 0 aliphatic carbocycles. The number of para-hydroxylation sites is 1. The molecule has 4 rings (SSSR count). The molecule has 0 saturated carbocycles. The molecule has 1 aromatic carbocycles. The van der Waals surface area contributed by atoms with Crippen molar-refractivity contribution >= 4 is 17.2 Å². The fourth-order valence-corrected chi connectivity index (χ4v) is 4.01. The quantitative estimate of drug-likeness (QED) is 0.656. The number of amides is 1. The molecule has 1 saturated heterocycles. The Labute approximate surface area is 162 Å². The summed E-state index contributed by atoms with van der Waals surface area (Å²) in [5.74, 6) is 0.972. The molecule has 140 valence electrons. The number of thiazole rings is 1. The van der Waals surface area contributed by atoms with Gasteiger partial charge in [-0.3, -0.25) is 9.48 Å². The second-order valence-electron chi connectivity index (χ2n) is 6.61. The van der Waals surface area contributed by atoms with Crippen LogP contribution in [0.4, 0.5) is 0 Å². The Balaban J connectivity index is 1.26. The Kier molecular flexibility index (Phi) is 5.48. The number of likely N-dealkylation sites (tertiary alicyclic amines) is 1. The number of piperidine rings is 1. The predicted molar refractivity (Wildman–Crippen MR) is 104 cm³/mol. The molecule has 27 heavy (non-hydrogen) atoms. The molecule has 1 aliphatic rings.